The van der Waals surface area contributed by atoms with E-state index in [0.717, 1.165) is 13.0 Å². The van der Waals surface area contributed by atoms with Gasteiger partial charge < -0.3 is 5.11 Å². The summed E-state index contributed by atoms with van der Waals surface area (Å²) in [5, 5.41) is 9.19. The third-order valence-corrected chi connectivity index (χ3v) is 4.86. The largest absolute Gasteiger partial charge is 0.395 e. The van der Waals surface area contributed by atoms with Crippen molar-refractivity contribution in [1.82, 2.24) is 4.90 Å². The van der Waals surface area contributed by atoms with Crippen LogP contribution in [0.4, 0.5) is 0 Å². The van der Waals surface area contributed by atoms with Gasteiger partial charge in [0.25, 0.3) is 0 Å². The van der Waals surface area contributed by atoms with Crippen molar-refractivity contribution in [2.24, 2.45) is 0 Å². The maximum Gasteiger partial charge on any atom is 0.153 e. The molecular weight excluding hydrogens is 226 g/mol. The number of hydrogen-bond donors (Lipinski definition) is 1. The third-order valence-electron chi connectivity index (χ3n) is 3.16. The standard InChI is InChI=1S/C11H23NO3S/c1-2-3-4-5-6-12-7-8-16(14,15)10-11(12)9-13/h11,13H,2-10H2,1H3. The molecule has 4 nitrogen and oxygen atoms in total. The first kappa shape index (κ1) is 13.9. The molecule has 0 amide bonds. The molecular formula is C11H23NO3S. The van der Waals surface area contributed by atoms with Gasteiger partial charge in [-0.3, -0.25) is 4.90 Å². The average molecular weight is 249 g/mol. The number of nitrogens with zero attached hydrogens (tertiary/aromatic N) is 1. The van der Waals surface area contributed by atoms with Crippen molar-refractivity contribution < 1.29 is 13.5 Å². The average Bonchev–Trinajstić information content (AvgIpc) is 2.25. The van der Waals surface area contributed by atoms with Gasteiger partial charge in [-0.1, -0.05) is 26.2 Å². The minimum Gasteiger partial charge on any atom is -0.395 e. The quantitative estimate of drug-likeness (QED) is 0.703. The smallest absolute Gasteiger partial charge is 0.153 e. The second-order valence-electron chi connectivity index (χ2n) is 4.55. The number of aliphatic hydroxyl groups excluding tert-OH is 1. The Morgan fingerprint density at radius 2 is 2.06 bits per heavy atom. The lowest BCUT2D eigenvalue weighted by atomic mass is 10.2. The van der Waals surface area contributed by atoms with Gasteiger partial charge in [0.2, 0.25) is 0 Å². The number of sulfone groups is 1. The number of rotatable bonds is 6. The second-order valence-corrected chi connectivity index (χ2v) is 6.78. The summed E-state index contributed by atoms with van der Waals surface area (Å²) in [5.74, 6) is 0.370. The number of hydrogen-bond acceptors (Lipinski definition) is 4. The van der Waals surface area contributed by atoms with Crippen molar-refractivity contribution in [1.29, 1.82) is 0 Å². The lowest BCUT2D eigenvalue weighted by molar-refractivity contribution is 0.134. The highest BCUT2D eigenvalue weighted by Crippen LogP contribution is 2.13. The highest BCUT2D eigenvalue weighted by Gasteiger charge is 2.29. The van der Waals surface area contributed by atoms with Crippen LogP contribution in [0.15, 0.2) is 0 Å². The highest BCUT2D eigenvalue weighted by atomic mass is 32.2. The zero-order chi connectivity index (χ0) is 12.0. The van der Waals surface area contributed by atoms with Crippen LogP contribution in [-0.2, 0) is 9.84 Å². The molecule has 1 atom stereocenters. The normalized spacial score (nSPS) is 25.8. The fraction of sp³-hybridized carbons (Fsp3) is 1.00. The Hall–Kier alpha value is -0.130. The van der Waals surface area contributed by atoms with E-state index in [1.54, 1.807) is 0 Å². The fourth-order valence-electron chi connectivity index (χ4n) is 2.13. The van der Waals surface area contributed by atoms with E-state index in [2.05, 4.69) is 11.8 Å². The molecule has 0 aliphatic carbocycles. The topological polar surface area (TPSA) is 57.6 Å². The molecule has 1 fully saturated rings. The highest BCUT2D eigenvalue weighted by molar-refractivity contribution is 7.91. The zero-order valence-electron chi connectivity index (χ0n) is 10.1. The SMILES string of the molecule is CCCCCCN1CCS(=O)(=O)CC1CO. The predicted molar refractivity (Wildman–Crippen MR) is 65.2 cm³/mol. The zero-order valence-corrected chi connectivity index (χ0v) is 10.9. The van der Waals surface area contributed by atoms with Gasteiger partial charge in [0.1, 0.15) is 0 Å². The second kappa shape index (κ2) is 6.57. The van der Waals surface area contributed by atoms with E-state index in [4.69, 9.17) is 0 Å². The summed E-state index contributed by atoms with van der Waals surface area (Å²) in [6.45, 7) is 3.62. The van der Waals surface area contributed by atoms with E-state index in [1.165, 1.54) is 19.3 Å². The number of aliphatic hydroxyl groups is 1. The van der Waals surface area contributed by atoms with Gasteiger partial charge >= 0.3 is 0 Å². The molecule has 0 bridgehead atoms. The van der Waals surface area contributed by atoms with Crippen molar-refractivity contribution in [3.63, 3.8) is 0 Å². The van der Waals surface area contributed by atoms with Crippen LogP contribution in [-0.4, -0.2) is 55.7 Å². The van der Waals surface area contributed by atoms with Gasteiger partial charge in [-0.05, 0) is 13.0 Å². The molecule has 0 spiro atoms. The first-order chi connectivity index (χ1) is 7.59. The summed E-state index contributed by atoms with van der Waals surface area (Å²) in [7, 11) is -2.91. The van der Waals surface area contributed by atoms with E-state index < -0.39 is 9.84 Å². The Kier molecular flexibility index (Phi) is 5.72. The minimum absolute atomic E-state index is 0.0486. The van der Waals surface area contributed by atoms with Crippen LogP contribution in [0.25, 0.3) is 0 Å². The van der Waals surface area contributed by atoms with Gasteiger partial charge in [0.15, 0.2) is 9.84 Å². The summed E-state index contributed by atoms with van der Waals surface area (Å²) in [4.78, 5) is 2.12. The predicted octanol–water partition coefficient (Wildman–Crippen LogP) is 0.658. The van der Waals surface area contributed by atoms with Gasteiger partial charge in [-0.15, -0.1) is 0 Å². The Labute approximate surface area is 98.6 Å². The van der Waals surface area contributed by atoms with E-state index in [1.807, 2.05) is 0 Å². The molecule has 1 N–H and O–H groups in total. The van der Waals surface area contributed by atoms with Crippen molar-refractivity contribution in [3.8, 4) is 0 Å². The molecule has 1 saturated heterocycles. The molecule has 16 heavy (non-hydrogen) atoms. The lowest BCUT2D eigenvalue weighted by Gasteiger charge is -2.34. The monoisotopic (exact) mass is 249 g/mol. The molecule has 5 heteroatoms. The van der Waals surface area contributed by atoms with E-state index >= 15 is 0 Å². The van der Waals surface area contributed by atoms with E-state index in [0.29, 0.717) is 6.54 Å². The maximum absolute atomic E-state index is 11.4. The molecule has 0 saturated carbocycles. The maximum atomic E-state index is 11.4. The van der Waals surface area contributed by atoms with Gasteiger partial charge in [-0.25, -0.2) is 8.42 Å². The summed E-state index contributed by atoms with van der Waals surface area (Å²) in [5.41, 5.74) is 0. The summed E-state index contributed by atoms with van der Waals surface area (Å²) >= 11 is 0. The molecule has 0 aromatic rings. The molecule has 1 rings (SSSR count). The van der Waals surface area contributed by atoms with Gasteiger partial charge in [0, 0.05) is 12.6 Å². The van der Waals surface area contributed by atoms with Crippen LogP contribution in [0, 0.1) is 0 Å². The Balaban J connectivity index is 2.35. The lowest BCUT2D eigenvalue weighted by Crippen LogP contribution is -2.50. The molecule has 0 radical (unpaired) electrons. The fourth-order valence-corrected chi connectivity index (χ4v) is 3.71. The van der Waals surface area contributed by atoms with Crippen LogP contribution in [0.5, 0.6) is 0 Å². The first-order valence-electron chi connectivity index (χ1n) is 6.14. The summed E-state index contributed by atoms with van der Waals surface area (Å²) in [6.07, 6.45) is 4.73. The summed E-state index contributed by atoms with van der Waals surface area (Å²) < 4.78 is 22.8. The van der Waals surface area contributed by atoms with Crippen LogP contribution < -0.4 is 0 Å². The van der Waals surface area contributed by atoms with Crippen LogP contribution in [0.2, 0.25) is 0 Å². The van der Waals surface area contributed by atoms with Crippen LogP contribution >= 0.6 is 0 Å². The third kappa shape index (κ3) is 4.39. The van der Waals surface area contributed by atoms with Gasteiger partial charge in [-0.2, -0.15) is 0 Å². The van der Waals surface area contributed by atoms with Crippen LogP contribution in [0.3, 0.4) is 0 Å². The van der Waals surface area contributed by atoms with Crippen molar-refractivity contribution in [3.05, 3.63) is 0 Å². The number of unbranched alkanes of at least 4 members (excludes halogenated alkanes) is 3. The summed E-state index contributed by atoms with van der Waals surface area (Å²) in [6, 6.07) is -0.180. The molecule has 1 aliphatic rings. The molecule has 1 heterocycles. The Bertz CT molecular complexity index is 290. The minimum atomic E-state index is -2.91. The van der Waals surface area contributed by atoms with Gasteiger partial charge in [0.05, 0.1) is 18.1 Å². The van der Waals surface area contributed by atoms with Crippen molar-refractivity contribution in [2.75, 3.05) is 31.2 Å². The Morgan fingerprint density at radius 1 is 1.31 bits per heavy atom. The molecule has 1 unspecified atom stereocenters. The van der Waals surface area contributed by atoms with Crippen molar-refractivity contribution in [2.45, 2.75) is 38.6 Å². The van der Waals surface area contributed by atoms with E-state index in [9.17, 15) is 13.5 Å². The Morgan fingerprint density at radius 3 is 2.69 bits per heavy atom. The van der Waals surface area contributed by atoms with Crippen molar-refractivity contribution >= 4 is 9.84 Å². The van der Waals surface area contributed by atoms with Crippen LogP contribution in [0.1, 0.15) is 32.6 Å². The molecule has 0 aromatic carbocycles. The first-order valence-corrected chi connectivity index (χ1v) is 7.96. The molecule has 0 aromatic heterocycles. The molecule has 96 valence electrons. The van der Waals surface area contributed by atoms with E-state index in [-0.39, 0.29) is 24.2 Å². The molecule has 1 aliphatic heterocycles.